The summed E-state index contributed by atoms with van der Waals surface area (Å²) in [6.07, 6.45) is 5.41. The highest BCUT2D eigenvalue weighted by Gasteiger charge is 2.23. The second-order valence-electron chi connectivity index (χ2n) is 6.90. The van der Waals surface area contributed by atoms with Crippen molar-refractivity contribution >= 4 is 17.5 Å². The van der Waals surface area contributed by atoms with Crippen molar-refractivity contribution in [2.45, 2.75) is 25.4 Å². The SMILES string of the molecule is O=C(CCc1ccccc1Cl)NCC1Cc2cc(-c3cccnc3)ccc2O1. The van der Waals surface area contributed by atoms with Crippen molar-refractivity contribution in [3.8, 4) is 16.9 Å². The molecule has 0 fully saturated rings. The van der Waals surface area contributed by atoms with Gasteiger partial charge in [0.2, 0.25) is 5.91 Å². The molecule has 0 bridgehead atoms. The number of carbonyl (C=O) groups excluding carboxylic acids is 1. The van der Waals surface area contributed by atoms with E-state index in [1.54, 1.807) is 6.20 Å². The fourth-order valence-electron chi connectivity index (χ4n) is 3.41. The zero-order chi connectivity index (χ0) is 19.3. The van der Waals surface area contributed by atoms with Gasteiger partial charge in [0, 0.05) is 35.8 Å². The van der Waals surface area contributed by atoms with Crippen LogP contribution in [0.15, 0.2) is 67.0 Å². The van der Waals surface area contributed by atoms with Crippen molar-refractivity contribution < 1.29 is 9.53 Å². The first-order valence-corrected chi connectivity index (χ1v) is 9.77. The number of nitrogens with zero attached hydrogens (tertiary/aromatic N) is 1. The van der Waals surface area contributed by atoms with E-state index in [2.05, 4.69) is 16.4 Å². The molecule has 5 heteroatoms. The van der Waals surface area contributed by atoms with Gasteiger partial charge in [-0.3, -0.25) is 9.78 Å². The molecule has 2 heterocycles. The lowest BCUT2D eigenvalue weighted by molar-refractivity contribution is -0.121. The molecule has 1 amide bonds. The van der Waals surface area contributed by atoms with Crippen LogP contribution in [-0.4, -0.2) is 23.5 Å². The third kappa shape index (κ3) is 4.34. The lowest BCUT2D eigenvalue weighted by atomic mass is 10.0. The molecule has 0 saturated heterocycles. The van der Waals surface area contributed by atoms with Gasteiger partial charge in [0.15, 0.2) is 0 Å². The number of aromatic nitrogens is 1. The number of ether oxygens (including phenoxy) is 1. The van der Waals surface area contributed by atoms with Gasteiger partial charge in [-0.1, -0.05) is 41.9 Å². The van der Waals surface area contributed by atoms with E-state index < -0.39 is 0 Å². The van der Waals surface area contributed by atoms with Crippen LogP contribution in [0.3, 0.4) is 0 Å². The first kappa shape index (κ1) is 18.5. The number of rotatable bonds is 6. The molecule has 4 rings (SSSR count). The maximum Gasteiger partial charge on any atom is 0.220 e. The van der Waals surface area contributed by atoms with Crippen LogP contribution in [0.5, 0.6) is 5.75 Å². The van der Waals surface area contributed by atoms with Crippen LogP contribution < -0.4 is 10.1 Å². The Morgan fingerprint density at radius 1 is 1.14 bits per heavy atom. The second kappa shape index (κ2) is 8.44. The summed E-state index contributed by atoms with van der Waals surface area (Å²) in [6, 6.07) is 17.8. The van der Waals surface area contributed by atoms with Crippen molar-refractivity contribution in [3.05, 3.63) is 83.1 Å². The molecule has 1 aliphatic heterocycles. The topological polar surface area (TPSA) is 51.2 Å². The van der Waals surface area contributed by atoms with Crippen LogP contribution in [-0.2, 0) is 17.6 Å². The molecule has 1 N–H and O–H groups in total. The fraction of sp³-hybridized carbons (Fsp3) is 0.217. The lowest BCUT2D eigenvalue weighted by Gasteiger charge is -2.12. The molecule has 1 unspecified atom stereocenters. The highest BCUT2D eigenvalue weighted by atomic mass is 35.5. The standard InChI is InChI=1S/C23H21ClN2O2/c24-21-6-2-1-4-16(21)8-10-23(27)26-15-20-13-19-12-17(7-9-22(19)28-20)18-5-3-11-25-14-18/h1-7,9,11-12,14,20H,8,10,13,15H2,(H,26,27). The highest BCUT2D eigenvalue weighted by molar-refractivity contribution is 6.31. The first-order chi connectivity index (χ1) is 13.7. The number of aryl methyl sites for hydroxylation is 1. The average molecular weight is 393 g/mol. The van der Waals surface area contributed by atoms with Gasteiger partial charge < -0.3 is 10.1 Å². The Morgan fingerprint density at radius 3 is 2.86 bits per heavy atom. The largest absolute Gasteiger partial charge is 0.488 e. The predicted octanol–water partition coefficient (Wildman–Crippen LogP) is 4.45. The molecule has 1 aromatic heterocycles. The van der Waals surface area contributed by atoms with E-state index in [4.69, 9.17) is 16.3 Å². The Kier molecular flexibility index (Phi) is 5.58. The minimum atomic E-state index is -0.0385. The van der Waals surface area contributed by atoms with Crippen molar-refractivity contribution in [2.75, 3.05) is 6.54 Å². The maximum absolute atomic E-state index is 12.2. The smallest absolute Gasteiger partial charge is 0.220 e. The molecule has 28 heavy (non-hydrogen) atoms. The van der Waals surface area contributed by atoms with Gasteiger partial charge in [-0.15, -0.1) is 0 Å². The normalized spacial score (nSPS) is 15.0. The van der Waals surface area contributed by atoms with Crippen molar-refractivity contribution in [1.29, 1.82) is 0 Å². The Labute approximate surface area is 169 Å². The molecule has 4 nitrogen and oxygen atoms in total. The molecule has 1 atom stereocenters. The second-order valence-corrected chi connectivity index (χ2v) is 7.31. The van der Waals surface area contributed by atoms with Gasteiger partial charge in [-0.25, -0.2) is 0 Å². The zero-order valence-electron chi connectivity index (χ0n) is 15.4. The van der Waals surface area contributed by atoms with Gasteiger partial charge in [-0.05, 0) is 47.4 Å². The number of hydrogen-bond acceptors (Lipinski definition) is 3. The van der Waals surface area contributed by atoms with Gasteiger partial charge in [0.05, 0.1) is 6.54 Å². The quantitative estimate of drug-likeness (QED) is 0.674. The monoisotopic (exact) mass is 392 g/mol. The van der Waals surface area contributed by atoms with Crippen LogP contribution >= 0.6 is 11.6 Å². The molecule has 1 aliphatic rings. The lowest BCUT2D eigenvalue weighted by Crippen LogP contribution is -2.34. The summed E-state index contributed by atoms with van der Waals surface area (Å²) in [5, 5.41) is 3.68. The van der Waals surface area contributed by atoms with Crippen LogP contribution in [0.4, 0.5) is 0 Å². The molecular formula is C23H21ClN2O2. The summed E-state index contributed by atoms with van der Waals surface area (Å²) in [7, 11) is 0. The minimum absolute atomic E-state index is 0.00975. The van der Waals surface area contributed by atoms with E-state index >= 15 is 0 Å². The van der Waals surface area contributed by atoms with E-state index in [1.165, 1.54) is 0 Å². The molecule has 142 valence electrons. The summed E-state index contributed by atoms with van der Waals surface area (Å²) in [4.78, 5) is 16.4. The Morgan fingerprint density at radius 2 is 2.04 bits per heavy atom. The average Bonchev–Trinajstić information content (AvgIpc) is 3.14. The number of halogens is 1. The highest BCUT2D eigenvalue weighted by Crippen LogP contribution is 2.32. The Bertz CT molecular complexity index is 975. The zero-order valence-corrected chi connectivity index (χ0v) is 16.2. The van der Waals surface area contributed by atoms with Gasteiger partial charge in [-0.2, -0.15) is 0 Å². The number of carbonyl (C=O) groups is 1. The number of pyridine rings is 1. The minimum Gasteiger partial charge on any atom is -0.488 e. The van der Waals surface area contributed by atoms with Gasteiger partial charge in [0.25, 0.3) is 0 Å². The van der Waals surface area contributed by atoms with Crippen LogP contribution in [0, 0.1) is 0 Å². The summed E-state index contributed by atoms with van der Waals surface area (Å²) >= 11 is 6.14. The summed E-state index contributed by atoms with van der Waals surface area (Å²) in [5.74, 6) is 0.901. The van der Waals surface area contributed by atoms with Crippen LogP contribution in [0.1, 0.15) is 17.5 Å². The van der Waals surface area contributed by atoms with E-state index in [0.717, 1.165) is 34.4 Å². The van der Waals surface area contributed by atoms with E-state index in [0.29, 0.717) is 24.4 Å². The number of amides is 1. The number of nitrogens with one attached hydrogen (secondary N) is 1. The molecule has 2 aromatic carbocycles. The fourth-order valence-corrected chi connectivity index (χ4v) is 3.64. The van der Waals surface area contributed by atoms with E-state index in [-0.39, 0.29) is 12.0 Å². The van der Waals surface area contributed by atoms with Crippen molar-refractivity contribution in [3.63, 3.8) is 0 Å². The third-order valence-corrected chi connectivity index (χ3v) is 5.27. The van der Waals surface area contributed by atoms with E-state index in [1.807, 2.05) is 54.7 Å². The van der Waals surface area contributed by atoms with Crippen molar-refractivity contribution in [2.24, 2.45) is 0 Å². The summed E-state index contributed by atoms with van der Waals surface area (Å²) < 4.78 is 5.98. The Balaban J connectivity index is 1.29. The van der Waals surface area contributed by atoms with Crippen LogP contribution in [0.25, 0.3) is 11.1 Å². The van der Waals surface area contributed by atoms with Gasteiger partial charge in [0.1, 0.15) is 11.9 Å². The van der Waals surface area contributed by atoms with Crippen molar-refractivity contribution in [1.82, 2.24) is 10.3 Å². The van der Waals surface area contributed by atoms with E-state index in [9.17, 15) is 4.79 Å². The Hall–Kier alpha value is -2.85. The molecule has 0 aliphatic carbocycles. The van der Waals surface area contributed by atoms with Gasteiger partial charge >= 0.3 is 0 Å². The molecule has 3 aromatic rings. The number of benzene rings is 2. The molecule has 0 saturated carbocycles. The first-order valence-electron chi connectivity index (χ1n) is 9.39. The third-order valence-electron chi connectivity index (χ3n) is 4.90. The maximum atomic E-state index is 12.2. The summed E-state index contributed by atoms with van der Waals surface area (Å²) in [5.41, 5.74) is 4.37. The number of hydrogen-bond donors (Lipinski definition) is 1. The van der Waals surface area contributed by atoms with Crippen LogP contribution in [0.2, 0.25) is 5.02 Å². The predicted molar refractivity (Wildman–Crippen MR) is 111 cm³/mol. The number of fused-ring (bicyclic) bond motifs is 1. The molecule has 0 spiro atoms. The molecular weight excluding hydrogens is 372 g/mol. The molecule has 0 radical (unpaired) electrons. The summed E-state index contributed by atoms with van der Waals surface area (Å²) in [6.45, 7) is 0.498.